The van der Waals surface area contributed by atoms with Crippen LogP contribution in [0.3, 0.4) is 0 Å². The molecule has 3 heterocycles. The van der Waals surface area contributed by atoms with Crippen LogP contribution in [-0.2, 0) is 4.79 Å². The lowest BCUT2D eigenvalue weighted by atomic mass is 9.94. The molecule has 2 aliphatic heterocycles. The summed E-state index contributed by atoms with van der Waals surface area (Å²) in [6.07, 6.45) is 7.01. The third-order valence-corrected chi connectivity index (χ3v) is 4.50. The Bertz CT molecular complexity index is 482. The number of hydrogen-bond acceptors (Lipinski definition) is 5. The Morgan fingerprint density at radius 3 is 2.57 bits per heavy atom. The van der Waals surface area contributed by atoms with Crippen LogP contribution < -0.4 is 10.2 Å². The number of carbonyl (C=O) groups is 1. The van der Waals surface area contributed by atoms with E-state index in [1.165, 1.54) is 0 Å². The van der Waals surface area contributed by atoms with Crippen LogP contribution in [0.1, 0.15) is 19.8 Å². The van der Waals surface area contributed by atoms with Crippen LogP contribution in [0.2, 0.25) is 0 Å². The molecule has 0 aromatic carbocycles. The third kappa shape index (κ3) is 4.68. The van der Waals surface area contributed by atoms with Crippen LogP contribution in [-0.4, -0.2) is 59.5 Å². The van der Waals surface area contributed by atoms with E-state index in [1.54, 1.807) is 18.6 Å². The molecule has 130 valence electrons. The maximum absolute atomic E-state index is 12.7. The van der Waals surface area contributed by atoms with Crippen molar-refractivity contribution in [2.24, 2.45) is 5.92 Å². The fourth-order valence-corrected chi connectivity index (χ4v) is 3.21. The summed E-state index contributed by atoms with van der Waals surface area (Å²) in [5.74, 6) is 1.42. The molecule has 3 rings (SSSR count). The van der Waals surface area contributed by atoms with E-state index in [9.17, 15) is 4.79 Å². The summed E-state index contributed by atoms with van der Waals surface area (Å²) in [5.41, 5.74) is 0. The second kappa shape index (κ2) is 9.25. The zero-order valence-electron chi connectivity index (χ0n) is 13.4. The van der Waals surface area contributed by atoms with Gasteiger partial charge >= 0.3 is 0 Å². The van der Waals surface area contributed by atoms with Crippen molar-refractivity contribution in [2.45, 2.75) is 25.8 Å². The highest BCUT2D eigenvalue weighted by Crippen LogP contribution is 2.23. The van der Waals surface area contributed by atoms with Gasteiger partial charge in [-0.25, -0.2) is 4.98 Å². The number of amides is 1. The van der Waals surface area contributed by atoms with Gasteiger partial charge in [-0.2, -0.15) is 0 Å². The molecule has 1 aromatic heterocycles. The SMILES string of the molecule is C[C@@H]1CNCCN1C(=O)C1CCN(c2cnccn2)CC1.Cl.Cl. The molecule has 0 bridgehead atoms. The van der Waals surface area contributed by atoms with Gasteiger partial charge in [0.05, 0.1) is 6.20 Å². The minimum atomic E-state index is 0. The largest absolute Gasteiger partial charge is 0.355 e. The highest BCUT2D eigenvalue weighted by Gasteiger charge is 2.32. The van der Waals surface area contributed by atoms with Crippen LogP contribution in [0.25, 0.3) is 0 Å². The van der Waals surface area contributed by atoms with E-state index < -0.39 is 0 Å². The van der Waals surface area contributed by atoms with Gasteiger partial charge in [-0.1, -0.05) is 0 Å². The first kappa shape index (κ1) is 19.9. The number of nitrogens with one attached hydrogen (secondary N) is 1. The van der Waals surface area contributed by atoms with Gasteiger partial charge < -0.3 is 15.1 Å². The predicted molar refractivity (Wildman–Crippen MR) is 95.5 cm³/mol. The molecule has 0 unspecified atom stereocenters. The van der Waals surface area contributed by atoms with Gasteiger partial charge in [-0.3, -0.25) is 9.78 Å². The minimum Gasteiger partial charge on any atom is -0.355 e. The zero-order chi connectivity index (χ0) is 14.7. The number of nitrogens with zero attached hydrogens (tertiary/aromatic N) is 4. The summed E-state index contributed by atoms with van der Waals surface area (Å²) in [5, 5.41) is 3.33. The van der Waals surface area contributed by atoms with E-state index in [1.807, 2.05) is 0 Å². The Kier molecular flexibility index (Phi) is 8.02. The zero-order valence-corrected chi connectivity index (χ0v) is 15.0. The third-order valence-electron chi connectivity index (χ3n) is 4.50. The van der Waals surface area contributed by atoms with Gasteiger partial charge in [0, 0.05) is 57.1 Å². The van der Waals surface area contributed by atoms with Gasteiger partial charge in [-0.05, 0) is 19.8 Å². The summed E-state index contributed by atoms with van der Waals surface area (Å²) in [7, 11) is 0. The lowest BCUT2D eigenvalue weighted by molar-refractivity contribution is -0.139. The summed E-state index contributed by atoms with van der Waals surface area (Å²) in [6, 6.07) is 0.310. The van der Waals surface area contributed by atoms with Gasteiger partial charge in [0.1, 0.15) is 5.82 Å². The van der Waals surface area contributed by atoms with Crippen molar-refractivity contribution in [3.8, 4) is 0 Å². The van der Waals surface area contributed by atoms with E-state index >= 15 is 0 Å². The summed E-state index contributed by atoms with van der Waals surface area (Å²) < 4.78 is 0. The van der Waals surface area contributed by atoms with Crippen molar-refractivity contribution in [3.63, 3.8) is 0 Å². The van der Waals surface area contributed by atoms with E-state index in [4.69, 9.17) is 0 Å². The first-order valence-electron chi connectivity index (χ1n) is 7.78. The molecular formula is C15H25Cl2N5O. The Morgan fingerprint density at radius 1 is 1.22 bits per heavy atom. The van der Waals surface area contributed by atoms with Gasteiger partial charge in [0.2, 0.25) is 5.91 Å². The molecule has 2 aliphatic rings. The monoisotopic (exact) mass is 361 g/mol. The van der Waals surface area contributed by atoms with Crippen molar-refractivity contribution in [1.82, 2.24) is 20.2 Å². The van der Waals surface area contributed by atoms with E-state index in [0.717, 1.165) is 51.4 Å². The van der Waals surface area contributed by atoms with Crippen LogP contribution in [0.5, 0.6) is 0 Å². The molecule has 1 amide bonds. The number of piperazine rings is 1. The van der Waals surface area contributed by atoms with Crippen molar-refractivity contribution < 1.29 is 4.79 Å². The van der Waals surface area contributed by atoms with Crippen molar-refractivity contribution in [2.75, 3.05) is 37.6 Å². The van der Waals surface area contributed by atoms with E-state index in [2.05, 4.69) is 32.0 Å². The first-order chi connectivity index (χ1) is 10.3. The van der Waals surface area contributed by atoms with Gasteiger partial charge in [-0.15, -0.1) is 24.8 Å². The number of aromatic nitrogens is 2. The smallest absolute Gasteiger partial charge is 0.226 e. The number of rotatable bonds is 2. The van der Waals surface area contributed by atoms with Crippen LogP contribution in [0, 0.1) is 5.92 Å². The molecule has 0 radical (unpaired) electrons. The van der Waals surface area contributed by atoms with Crippen LogP contribution >= 0.6 is 24.8 Å². The maximum Gasteiger partial charge on any atom is 0.226 e. The highest BCUT2D eigenvalue weighted by atomic mass is 35.5. The maximum atomic E-state index is 12.7. The average Bonchev–Trinajstić information content (AvgIpc) is 2.56. The Hall–Kier alpha value is -1.11. The second-order valence-corrected chi connectivity index (χ2v) is 5.91. The molecule has 0 spiro atoms. The van der Waals surface area contributed by atoms with Crippen LogP contribution in [0.4, 0.5) is 5.82 Å². The molecule has 2 fully saturated rings. The Balaban J connectivity index is 0.00000132. The summed E-state index contributed by atoms with van der Waals surface area (Å²) in [4.78, 5) is 25.4. The average molecular weight is 362 g/mol. The molecule has 0 saturated carbocycles. The topological polar surface area (TPSA) is 61.4 Å². The summed E-state index contributed by atoms with van der Waals surface area (Å²) >= 11 is 0. The molecule has 23 heavy (non-hydrogen) atoms. The van der Waals surface area contributed by atoms with Gasteiger partial charge in [0.15, 0.2) is 0 Å². The molecule has 2 saturated heterocycles. The Labute approximate surface area is 149 Å². The fraction of sp³-hybridized carbons (Fsp3) is 0.667. The lowest BCUT2D eigenvalue weighted by Gasteiger charge is -2.39. The number of anilines is 1. The molecule has 0 aliphatic carbocycles. The van der Waals surface area contributed by atoms with E-state index in [-0.39, 0.29) is 30.7 Å². The van der Waals surface area contributed by atoms with Gasteiger partial charge in [0.25, 0.3) is 0 Å². The van der Waals surface area contributed by atoms with Crippen molar-refractivity contribution >= 4 is 36.5 Å². The fourth-order valence-electron chi connectivity index (χ4n) is 3.21. The minimum absolute atomic E-state index is 0. The summed E-state index contributed by atoms with van der Waals surface area (Å²) in [6.45, 7) is 6.55. The molecular weight excluding hydrogens is 337 g/mol. The first-order valence-corrected chi connectivity index (χ1v) is 7.78. The molecule has 1 atom stereocenters. The van der Waals surface area contributed by atoms with Crippen LogP contribution in [0.15, 0.2) is 18.6 Å². The number of hydrogen-bond donors (Lipinski definition) is 1. The van der Waals surface area contributed by atoms with Crippen molar-refractivity contribution in [3.05, 3.63) is 18.6 Å². The number of carbonyl (C=O) groups excluding carboxylic acids is 1. The molecule has 1 aromatic rings. The van der Waals surface area contributed by atoms with E-state index in [0.29, 0.717) is 11.9 Å². The second-order valence-electron chi connectivity index (χ2n) is 5.91. The standard InChI is InChI=1S/C15H23N5O.2ClH/c1-12-10-17-6-9-20(12)15(21)13-2-7-19(8-3-13)14-11-16-4-5-18-14;;/h4-5,11-13,17H,2-3,6-10H2,1H3;2*1H/t12-;;/m1../s1. The number of halogens is 2. The lowest BCUT2D eigenvalue weighted by Crippen LogP contribution is -2.54. The quantitative estimate of drug-likeness (QED) is 0.861. The molecule has 8 heteroatoms. The normalized spacial score (nSPS) is 22.0. The highest BCUT2D eigenvalue weighted by molar-refractivity contribution is 5.85. The molecule has 1 N–H and O–H groups in total. The molecule has 6 nitrogen and oxygen atoms in total. The Morgan fingerprint density at radius 2 is 1.96 bits per heavy atom. The van der Waals surface area contributed by atoms with Crippen molar-refractivity contribution in [1.29, 1.82) is 0 Å². The predicted octanol–water partition coefficient (Wildman–Crippen LogP) is 1.36. The number of piperidine rings is 1.